The summed E-state index contributed by atoms with van der Waals surface area (Å²) in [5.74, 6) is -1.37. The summed E-state index contributed by atoms with van der Waals surface area (Å²) in [6, 6.07) is 20.2. The quantitative estimate of drug-likeness (QED) is 0.276. The number of nitrogens with one attached hydrogen (secondary N) is 1. The van der Waals surface area contributed by atoms with Gasteiger partial charge in [0.25, 0.3) is 11.6 Å². The van der Waals surface area contributed by atoms with Crippen LogP contribution in [0.2, 0.25) is 0 Å². The molecule has 0 bridgehead atoms. The molecule has 1 atom stereocenters. The van der Waals surface area contributed by atoms with Crippen LogP contribution in [-0.2, 0) is 9.53 Å². The molecule has 0 unspecified atom stereocenters. The number of para-hydroxylation sites is 1. The van der Waals surface area contributed by atoms with Crippen LogP contribution in [0, 0.1) is 10.1 Å². The summed E-state index contributed by atoms with van der Waals surface area (Å²) in [6.45, 7) is 1.43. The molecule has 0 aliphatic carbocycles. The van der Waals surface area contributed by atoms with Crippen molar-refractivity contribution < 1.29 is 19.2 Å². The number of esters is 1. The van der Waals surface area contributed by atoms with Crippen LogP contribution in [0.5, 0.6) is 0 Å². The fourth-order valence-corrected chi connectivity index (χ4v) is 2.82. The smallest absolute Gasteiger partial charge is 0.341 e. The summed E-state index contributed by atoms with van der Waals surface area (Å²) >= 11 is 0. The Bertz CT molecular complexity index is 1100. The van der Waals surface area contributed by atoms with E-state index in [1.165, 1.54) is 13.0 Å². The van der Waals surface area contributed by atoms with Crippen molar-refractivity contribution in [2.45, 2.75) is 13.0 Å². The first-order valence-corrected chi connectivity index (χ1v) is 9.07. The highest BCUT2D eigenvalue weighted by Crippen LogP contribution is 2.28. The number of ether oxygens (including phenoxy) is 1. The molecule has 3 N–H and O–H groups in total. The Balaban J connectivity index is 1.72. The second kappa shape index (κ2) is 8.87. The molecule has 152 valence electrons. The molecular formula is C22H19N3O5. The van der Waals surface area contributed by atoms with Crippen LogP contribution in [-0.4, -0.2) is 22.9 Å². The molecule has 0 heterocycles. The Morgan fingerprint density at radius 2 is 1.70 bits per heavy atom. The van der Waals surface area contributed by atoms with Crippen LogP contribution in [0.4, 0.5) is 17.1 Å². The SMILES string of the molecule is C[C@@H](OC(=O)c1ccc([N+](=O)[O-])cc1N)C(=O)Nc1ccccc1-c1ccccc1. The number of amides is 1. The predicted octanol–water partition coefficient (Wildman–Crippen LogP) is 4.03. The molecule has 0 saturated heterocycles. The van der Waals surface area contributed by atoms with Crippen molar-refractivity contribution in [1.29, 1.82) is 0 Å². The van der Waals surface area contributed by atoms with E-state index in [4.69, 9.17) is 10.5 Å². The van der Waals surface area contributed by atoms with E-state index in [1.807, 2.05) is 42.5 Å². The largest absolute Gasteiger partial charge is 0.449 e. The first kappa shape index (κ1) is 20.5. The van der Waals surface area contributed by atoms with Crippen LogP contribution in [0.15, 0.2) is 72.8 Å². The first-order chi connectivity index (χ1) is 14.4. The molecule has 3 aromatic rings. The zero-order valence-corrected chi connectivity index (χ0v) is 16.1. The number of carbonyl (C=O) groups excluding carboxylic acids is 2. The predicted molar refractivity (Wildman–Crippen MR) is 113 cm³/mol. The molecular weight excluding hydrogens is 386 g/mol. The van der Waals surface area contributed by atoms with Crippen molar-refractivity contribution in [2.75, 3.05) is 11.1 Å². The average Bonchev–Trinajstić information content (AvgIpc) is 2.74. The molecule has 8 heteroatoms. The summed E-state index contributed by atoms with van der Waals surface area (Å²) in [5, 5.41) is 13.6. The number of nitro benzene ring substituents is 1. The summed E-state index contributed by atoms with van der Waals surface area (Å²) < 4.78 is 5.20. The van der Waals surface area contributed by atoms with Gasteiger partial charge in [-0.1, -0.05) is 48.5 Å². The lowest BCUT2D eigenvalue weighted by Crippen LogP contribution is -2.30. The number of nitro groups is 1. The topological polar surface area (TPSA) is 125 Å². The highest BCUT2D eigenvalue weighted by Gasteiger charge is 2.22. The average molecular weight is 405 g/mol. The Morgan fingerprint density at radius 1 is 1.03 bits per heavy atom. The number of nitrogens with two attached hydrogens (primary N) is 1. The Labute approximate surface area is 172 Å². The van der Waals surface area contributed by atoms with Crippen molar-refractivity contribution in [3.05, 3.63) is 88.5 Å². The van der Waals surface area contributed by atoms with Crippen LogP contribution < -0.4 is 11.1 Å². The molecule has 0 fully saturated rings. The van der Waals surface area contributed by atoms with Crippen molar-refractivity contribution >= 4 is 28.9 Å². The van der Waals surface area contributed by atoms with Gasteiger partial charge in [0.05, 0.1) is 16.2 Å². The number of carbonyl (C=O) groups is 2. The fourth-order valence-electron chi connectivity index (χ4n) is 2.82. The summed E-state index contributed by atoms with van der Waals surface area (Å²) in [7, 11) is 0. The number of anilines is 2. The minimum Gasteiger partial charge on any atom is -0.449 e. The van der Waals surface area contributed by atoms with E-state index >= 15 is 0 Å². The van der Waals surface area contributed by atoms with Crippen LogP contribution in [0.3, 0.4) is 0 Å². The molecule has 0 saturated carbocycles. The van der Waals surface area contributed by atoms with Gasteiger partial charge >= 0.3 is 5.97 Å². The highest BCUT2D eigenvalue weighted by molar-refractivity contribution is 6.01. The van der Waals surface area contributed by atoms with E-state index in [2.05, 4.69) is 5.32 Å². The third-order valence-corrected chi connectivity index (χ3v) is 4.39. The van der Waals surface area contributed by atoms with Crippen LogP contribution in [0.25, 0.3) is 11.1 Å². The molecule has 0 spiro atoms. The van der Waals surface area contributed by atoms with Crippen LogP contribution >= 0.6 is 0 Å². The molecule has 30 heavy (non-hydrogen) atoms. The van der Waals surface area contributed by atoms with Crippen molar-refractivity contribution in [3.63, 3.8) is 0 Å². The van der Waals surface area contributed by atoms with Gasteiger partial charge < -0.3 is 15.8 Å². The Kier molecular flexibility index (Phi) is 6.07. The number of hydrogen-bond acceptors (Lipinski definition) is 6. The summed E-state index contributed by atoms with van der Waals surface area (Å²) in [6.07, 6.45) is -1.11. The van der Waals surface area contributed by atoms with Gasteiger partial charge in [-0.05, 0) is 24.6 Å². The molecule has 1 amide bonds. The lowest BCUT2D eigenvalue weighted by Gasteiger charge is -2.16. The number of benzene rings is 3. The van der Waals surface area contributed by atoms with Gasteiger partial charge in [-0.15, -0.1) is 0 Å². The Hall–Kier alpha value is -4.20. The number of nitrogen functional groups attached to an aromatic ring is 1. The van der Waals surface area contributed by atoms with E-state index in [1.54, 1.807) is 12.1 Å². The standard InChI is InChI=1S/C22H19N3O5/c1-14(30-22(27)18-12-11-16(25(28)29)13-19(18)23)21(26)24-20-10-6-5-9-17(20)15-7-3-2-4-8-15/h2-14H,23H2,1H3,(H,24,26)/t14-/m1/s1. The van der Waals surface area contributed by atoms with E-state index in [-0.39, 0.29) is 16.9 Å². The van der Waals surface area contributed by atoms with Crippen LogP contribution in [0.1, 0.15) is 17.3 Å². The maximum absolute atomic E-state index is 12.6. The zero-order chi connectivity index (χ0) is 21.7. The molecule has 3 rings (SSSR count). The maximum Gasteiger partial charge on any atom is 0.341 e. The van der Waals surface area contributed by atoms with E-state index in [0.29, 0.717) is 5.69 Å². The van der Waals surface area contributed by atoms with E-state index in [9.17, 15) is 19.7 Å². The first-order valence-electron chi connectivity index (χ1n) is 9.07. The number of hydrogen-bond donors (Lipinski definition) is 2. The summed E-state index contributed by atoms with van der Waals surface area (Å²) in [4.78, 5) is 35.1. The lowest BCUT2D eigenvalue weighted by molar-refractivity contribution is -0.384. The maximum atomic E-state index is 12.6. The molecule has 0 aliphatic heterocycles. The van der Waals surface area contributed by atoms with Gasteiger partial charge in [0.2, 0.25) is 0 Å². The summed E-state index contributed by atoms with van der Waals surface area (Å²) in [5.41, 5.74) is 7.65. The molecule has 3 aromatic carbocycles. The molecule has 0 aromatic heterocycles. The van der Waals surface area contributed by atoms with E-state index < -0.39 is 22.9 Å². The van der Waals surface area contributed by atoms with Gasteiger partial charge in [-0.25, -0.2) is 4.79 Å². The van der Waals surface area contributed by atoms with Gasteiger partial charge in [-0.2, -0.15) is 0 Å². The fraction of sp³-hybridized carbons (Fsp3) is 0.0909. The number of rotatable bonds is 6. The van der Waals surface area contributed by atoms with Gasteiger partial charge in [-0.3, -0.25) is 14.9 Å². The normalized spacial score (nSPS) is 11.4. The van der Waals surface area contributed by atoms with Gasteiger partial charge in [0.1, 0.15) is 0 Å². The second-order valence-corrected chi connectivity index (χ2v) is 6.48. The minimum atomic E-state index is -1.11. The van der Waals surface area contributed by atoms with Crippen molar-refractivity contribution in [2.24, 2.45) is 0 Å². The number of non-ortho nitro benzene ring substituents is 1. The van der Waals surface area contributed by atoms with Crippen molar-refractivity contribution in [1.82, 2.24) is 0 Å². The van der Waals surface area contributed by atoms with E-state index in [0.717, 1.165) is 23.3 Å². The highest BCUT2D eigenvalue weighted by atomic mass is 16.6. The molecule has 0 aliphatic rings. The monoisotopic (exact) mass is 405 g/mol. The lowest BCUT2D eigenvalue weighted by atomic mass is 10.0. The Morgan fingerprint density at radius 3 is 2.37 bits per heavy atom. The van der Waals surface area contributed by atoms with Gasteiger partial charge in [0, 0.05) is 23.4 Å². The second-order valence-electron chi connectivity index (χ2n) is 6.48. The molecule has 0 radical (unpaired) electrons. The minimum absolute atomic E-state index is 0.0510. The van der Waals surface area contributed by atoms with Crippen molar-refractivity contribution in [3.8, 4) is 11.1 Å². The van der Waals surface area contributed by atoms with Gasteiger partial charge in [0.15, 0.2) is 6.10 Å². The number of nitrogens with zero attached hydrogens (tertiary/aromatic N) is 1. The molecule has 8 nitrogen and oxygen atoms in total. The third-order valence-electron chi connectivity index (χ3n) is 4.39. The zero-order valence-electron chi connectivity index (χ0n) is 16.1. The third kappa shape index (κ3) is 4.61.